The molecule has 0 heterocycles. The second-order valence-corrected chi connectivity index (χ2v) is 5.81. The Morgan fingerprint density at radius 3 is 2.58 bits per heavy atom. The highest BCUT2D eigenvalue weighted by atomic mass is 32.2. The van der Waals surface area contributed by atoms with E-state index in [-0.39, 0.29) is 12.5 Å². The standard InChI is InChI=1S/C11H18N4O3S/c1-13-11(16)9-4-3-8(12)7-10(9)14-5-6-15-19(2,17)18/h3-4,7,14-15H,5-6,12H2,1-2H3,(H,13,16). The highest BCUT2D eigenvalue weighted by molar-refractivity contribution is 7.88. The molecular formula is C11H18N4O3S. The van der Waals surface area contributed by atoms with Gasteiger partial charge < -0.3 is 16.4 Å². The van der Waals surface area contributed by atoms with Crippen molar-refractivity contribution in [3.8, 4) is 0 Å². The van der Waals surface area contributed by atoms with Crippen LogP contribution in [0.1, 0.15) is 10.4 Å². The van der Waals surface area contributed by atoms with Gasteiger partial charge in [0.05, 0.1) is 11.8 Å². The van der Waals surface area contributed by atoms with Crippen LogP contribution in [0, 0.1) is 0 Å². The van der Waals surface area contributed by atoms with Gasteiger partial charge in [0.2, 0.25) is 10.0 Å². The molecule has 19 heavy (non-hydrogen) atoms. The third-order valence-corrected chi connectivity index (χ3v) is 3.05. The molecule has 0 saturated carbocycles. The molecular weight excluding hydrogens is 268 g/mol. The maximum atomic E-state index is 11.6. The van der Waals surface area contributed by atoms with Crippen LogP contribution in [0.5, 0.6) is 0 Å². The largest absolute Gasteiger partial charge is 0.399 e. The van der Waals surface area contributed by atoms with Crippen LogP contribution in [0.2, 0.25) is 0 Å². The van der Waals surface area contributed by atoms with Crippen molar-refractivity contribution < 1.29 is 13.2 Å². The quantitative estimate of drug-likeness (QED) is 0.419. The summed E-state index contributed by atoms with van der Waals surface area (Å²) in [6.07, 6.45) is 1.09. The molecule has 0 radical (unpaired) electrons. The third kappa shape index (κ3) is 5.14. The van der Waals surface area contributed by atoms with Gasteiger partial charge in [-0.15, -0.1) is 0 Å². The first-order valence-corrected chi connectivity index (χ1v) is 7.53. The highest BCUT2D eigenvalue weighted by Gasteiger charge is 2.10. The van der Waals surface area contributed by atoms with E-state index < -0.39 is 10.0 Å². The molecule has 0 unspecified atom stereocenters. The molecule has 0 saturated heterocycles. The minimum atomic E-state index is -3.21. The molecule has 1 aromatic carbocycles. The predicted molar refractivity (Wildman–Crippen MR) is 75.6 cm³/mol. The van der Waals surface area contributed by atoms with E-state index in [1.54, 1.807) is 18.2 Å². The van der Waals surface area contributed by atoms with E-state index in [9.17, 15) is 13.2 Å². The van der Waals surface area contributed by atoms with Crippen LogP contribution in [-0.2, 0) is 10.0 Å². The van der Waals surface area contributed by atoms with Crippen molar-refractivity contribution in [2.75, 3.05) is 37.4 Å². The van der Waals surface area contributed by atoms with Crippen LogP contribution in [0.3, 0.4) is 0 Å². The van der Waals surface area contributed by atoms with Gasteiger partial charge in [-0.05, 0) is 18.2 Å². The van der Waals surface area contributed by atoms with Gasteiger partial charge in [0.1, 0.15) is 0 Å². The summed E-state index contributed by atoms with van der Waals surface area (Å²) >= 11 is 0. The number of hydrogen-bond donors (Lipinski definition) is 4. The zero-order valence-electron chi connectivity index (χ0n) is 10.9. The summed E-state index contributed by atoms with van der Waals surface area (Å²) in [4.78, 5) is 11.6. The molecule has 0 bridgehead atoms. The summed E-state index contributed by atoms with van der Waals surface area (Å²) < 4.78 is 24.1. The Morgan fingerprint density at radius 2 is 2.00 bits per heavy atom. The number of carbonyl (C=O) groups is 1. The lowest BCUT2D eigenvalue weighted by Crippen LogP contribution is -2.28. The zero-order chi connectivity index (χ0) is 14.5. The van der Waals surface area contributed by atoms with Crippen molar-refractivity contribution in [2.45, 2.75) is 0 Å². The minimum absolute atomic E-state index is 0.223. The Hall–Kier alpha value is -1.80. The van der Waals surface area contributed by atoms with E-state index in [1.165, 1.54) is 7.05 Å². The molecule has 1 rings (SSSR count). The van der Waals surface area contributed by atoms with E-state index in [4.69, 9.17) is 5.73 Å². The zero-order valence-corrected chi connectivity index (χ0v) is 11.7. The fraction of sp³-hybridized carbons (Fsp3) is 0.364. The van der Waals surface area contributed by atoms with Crippen molar-refractivity contribution in [1.82, 2.24) is 10.0 Å². The Balaban J connectivity index is 2.71. The van der Waals surface area contributed by atoms with E-state index in [1.807, 2.05) is 0 Å². The van der Waals surface area contributed by atoms with Crippen molar-refractivity contribution in [2.24, 2.45) is 0 Å². The molecule has 1 amide bonds. The summed E-state index contributed by atoms with van der Waals surface area (Å²) in [6.45, 7) is 0.571. The fourth-order valence-corrected chi connectivity index (χ4v) is 1.95. The molecule has 0 aliphatic rings. The van der Waals surface area contributed by atoms with Crippen LogP contribution in [0.4, 0.5) is 11.4 Å². The van der Waals surface area contributed by atoms with Crippen LogP contribution >= 0.6 is 0 Å². The smallest absolute Gasteiger partial charge is 0.253 e. The number of benzene rings is 1. The van der Waals surface area contributed by atoms with Gasteiger partial charge in [-0.25, -0.2) is 13.1 Å². The minimum Gasteiger partial charge on any atom is -0.399 e. The maximum Gasteiger partial charge on any atom is 0.253 e. The average molecular weight is 286 g/mol. The lowest BCUT2D eigenvalue weighted by Gasteiger charge is -2.12. The number of hydrogen-bond acceptors (Lipinski definition) is 5. The summed E-state index contributed by atoms with van der Waals surface area (Å²) in [6, 6.07) is 4.87. The van der Waals surface area contributed by atoms with Gasteiger partial charge in [-0.2, -0.15) is 0 Å². The van der Waals surface area contributed by atoms with Gasteiger partial charge in [0.15, 0.2) is 0 Å². The molecule has 8 heteroatoms. The third-order valence-electron chi connectivity index (χ3n) is 2.32. The van der Waals surface area contributed by atoms with Gasteiger partial charge in [-0.3, -0.25) is 4.79 Å². The molecule has 0 aliphatic heterocycles. The number of amides is 1. The number of nitrogens with two attached hydrogens (primary N) is 1. The van der Waals surface area contributed by atoms with Crippen molar-refractivity contribution in [3.63, 3.8) is 0 Å². The van der Waals surface area contributed by atoms with Crippen molar-refractivity contribution >= 4 is 27.3 Å². The van der Waals surface area contributed by atoms with Crippen molar-refractivity contribution in [3.05, 3.63) is 23.8 Å². The SMILES string of the molecule is CNC(=O)c1ccc(N)cc1NCCNS(C)(=O)=O. The van der Waals surface area contributed by atoms with Crippen LogP contribution < -0.4 is 21.1 Å². The lowest BCUT2D eigenvalue weighted by molar-refractivity contribution is 0.0964. The van der Waals surface area contributed by atoms with Crippen LogP contribution in [-0.4, -0.2) is 40.7 Å². The van der Waals surface area contributed by atoms with Gasteiger partial charge in [0, 0.05) is 31.5 Å². The first-order chi connectivity index (χ1) is 8.83. The van der Waals surface area contributed by atoms with Crippen LogP contribution in [0.25, 0.3) is 0 Å². The normalized spacial score (nSPS) is 11.1. The van der Waals surface area contributed by atoms with Gasteiger partial charge in [-0.1, -0.05) is 0 Å². The number of rotatable bonds is 6. The Kier molecular flexibility index (Phi) is 5.13. The molecule has 106 valence electrons. The second kappa shape index (κ2) is 6.39. The Morgan fingerprint density at radius 1 is 1.32 bits per heavy atom. The number of carbonyl (C=O) groups excluding carboxylic acids is 1. The summed E-state index contributed by atoms with van der Waals surface area (Å²) in [7, 11) is -1.68. The number of anilines is 2. The molecule has 0 aliphatic carbocycles. The summed E-state index contributed by atoms with van der Waals surface area (Å²) in [5.41, 5.74) is 7.20. The van der Waals surface area contributed by atoms with Gasteiger partial charge in [0.25, 0.3) is 5.91 Å². The van der Waals surface area contributed by atoms with E-state index in [2.05, 4.69) is 15.4 Å². The first-order valence-electron chi connectivity index (χ1n) is 5.63. The van der Waals surface area contributed by atoms with Gasteiger partial charge >= 0.3 is 0 Å². The second-order valence-electron chi connectivity index (χ2n) is 3.98. The fourth-order valence-electron chi connectivity index (χ4n) is 1.47. The topological polar surface area (TPSA) is 113 Å². The molecule has 7 nitrogen and oxygen atoms in total. The average Bonchev–Trinajstić information content (AvgIpc) is 2.33. The predicted octanol–water partition coefficient (Wildman–Crippen LogP) is -0.410. The molecule has 0 atom stereocenters. The lowest BCUT2D eigenvalue weighted by atomic mass is 10.1. The summed E-state index contributed by atoms with van der Waals surface area (Å²) in [5, 5.41) is 5.50. The maximum absolute atomic E-state index is 11.6. The number of nitrogens with one attached hydrogen (secondary N) is 3. The monoisotopic (exact) mass is 286 g/mol. The molecule has 0 spiro atoms. The first kappa shape index (κ1) is 15.3. The molecule has 1 aromatic rings. The van der Waals surface area contributed by atoms with Crippen LogP contribution in [0.15, 0.2) is 18.2 Å². The number of sulfonamides is 1. The highest BCUT2D eigenvalue weighted by Crippen LogP contribution is 2.18. The van der Waals surface area contributed by atoms with Crippen molar-refractivity contribution in [1.29, 1.82) is 0 Å². The van der Waals surface area contributed by atoms with E-state index in [0.29, 0.717) is 23.5 Å². The Labute approximate surface area is 112 Å². The molecule has 0 aromatic heterocycles. The molecule has 0 fully saturated rings. The number of nitrogen functional groups attached to an aromatic ring is 1. The molecule has 5 N–H and O–H groups in total. The Bertz CT molecular complexity index is 557. The van der Waals surface area contributed by atoms with E-state index in [0.717, 1.165) is 6.26 Å². The summed E-state index contributed by atoms with van der Waals surface area (Å²) in [5.74, 6) is -0.237. The van der Waals surface area contributed by atoms with E-state index >= 15 is 0 Å².